The molecule has 0 aromatic heterocycles. The zero-order chi connectivity index (χ0) is 15.1. The predicted octanol–water partition coefficient (Wildman–Crippen LogP) is 1.90. The summed E-state index contributed by atoms with van der Waals surface area (Å²) in [5, 5.41) is 11.9. The van der Waals surface area contributed by atoms with Crippen LogP contribution in [0.4, 0.5) is 0 Å². The van der Waals surface area contributed by atoms with Crippen LogP contribution in [0.25, 0.3) is 6.08 Å². The average molecular weight is 286 g/mol. The number of benzene rings is 1. The van der Waals surface area contributed by atoms with Gasteiger partial charge in [0.1, 0.15) is 17.4 Å². The maximum absolute atomic E-state index is 12.0. The van der Waals surface area contributed by atoms with Crippen molar-refractivity contribution >= 4 is 12.0 Å². The van der Waals surface area contributed by atoms with Crippen molar-refractivity contribution in [2.24, 2.45) is 0 Å². The van der Waals surface area contributed by atoms with Gasteiger partial charge < -0.3 is 14.8 Å². The second kappa shape index (κ2) is 7.46. The second-order valence-corrected chi connectivity index (χ2v) is 4.76. The highest BCUT2D eigenvalue weighted by Gasteiger charge is 2.17. The molecule has 1 aliphatic heterocycles. The molecule has 1 fully saturated rings. The summed E-state index contributed by atoms with van der Waals surface area (Å²) in [6, 6.07) is 9.17. The SMILES string of the molecule is COc1ccccc1/C=C(/C#N)C(=O)NCC1CCCO1. The molecule has 1 amide bonds. The lowest BCUT2D eigenvalue weighted by Gasteiger charge is -2.10. The maximum atomic E-state index is 12.0. The van der Waals surface area contributed by atoms with Gasteiger partial charge >= 0.3 is 0 Å². The predicted molar refractivity (Wildman–Crippen MR) is 78.6 cm³/mol. The number of para-hydroxylation sites is 1. The Bertz CT molecular complexity index is 569. The van der Waals surface area contributed by atoms with E-state index in [9.17, 15) is 4.79 Å². The van der Waals surface area contributed by atoms with E-state index in [1.54, 1.807) is 19.2 Å². The third-order valence-corrected chi connectivity index (χ3v) is 3.32. The fourth-order valence-corrected chi connectivity index (χ4v) is 2.20. The summed E-state index contributed by atoms with van der Waals surface area (Å²) in [6.07, 6.45) is 3.55. The molecular weight excluding hydrogens is 268 g/mol. The Hall–Kier alpha value is -2.32. The molecule has 1 N–H and O–H groups in total. The molecule has 0 aliphatic carbocycles. The van der Waals surface area contributed by atoms with Crippen LogP contribution in [0.3, 0.4) is 0 Å². The van der Waals surface area contributed by atoms with E-state index in [0.717, 1.165) is 19.4 Å². The first-order chi connectivity index (χ1) is 10.2. The lowest BCUT2D eigenvalue weighted by molar-refractivity contribution is -0.117. The summed E-state index contributed by atoms with van der Waals surface area (Å²) < 4.78 is 10.6. The molecule has 1 aromatic carbocycles. The van der Waals surface area contributed by atoms with E-state index in [2.05, 4.69) is 5.32 Å². The number of hydrogen-bond donors (Lipinski definition) is 1. The van der Waals surface area contributed by atoms with Crippen LogP contribution in [-0.4, -0.2) is 32.3 Å². The van der Waals surface area contributed by atoms with Crippen LogP contribution < -0.4 is 10.1 Å². The summed E-state index contributed by atoms with van der Waals surface area (Å²) in [5.74, 6) is 0.232. The van der Waals surface area contributed by atoms with Gasteiger partial charge in [0, 0.05) is 18.7 Å². The Kier molecular flexibility index (Phi) is 5.35. The summed E-state index contributed by atoms with van der Waals surface area (Å²) in [4.78, 5) is 12.0. The molecule has 0 spiro atoms. The molecular formula is C16H18N2O3. The molecule has 1 atom stereocenters. The molecule has 1 unspecified atom stereocenters. The van der Waals surface area contributed by atoms with Crippen molar-refractivity contribution in [3.8, 4) is 11.8 Å². The van der Waals surface area contributed by atoms with Crippen molar-refractivity contribution in [1.82, 2.24) is 5.32 Å². The van der Waals surface area contributed by atoms with E-state index in [-0.39, 0.29) is 17.6 Å². The number of hydrogen-bond acceptors (Lipinski definition) is 4. The van der Waals surface area contributed by atoms with Crippen molar-refractivity contribution in [1.29, 1.82) is 5.26 Å². The summed E-state index contributed by atoms with van der Waals surface area (Å²) in [6.45, 7) is 1.17. The first-order valence-corrected chi connectivity index (χ1v) is 6.89. The van der Waals surface area contributed by atoms with Gasteiger partial charge in [0.15, 0.2) is 0 Å². The molecule has 1 saturated heterocycles. The van der Waals surface area contributed by atoms with Crippen LogP contribution in [0, 0.1) is 11.3 Å². The Morgan fingerprint density at radius 1 is 1.57 bits per heavy atom. The number of nitrogens with one attached hydrogen (secondary N) is 1. The molecule has 1 aromatic rings. The standard InChI is InChI=1S/C16H18N2O3/c1-20-15-7-3-2-5-12(15)9-13(10-17)16(19)18-11-14-6-4-8-21-14/h2-3,5,7,9,14H,4,6,8,11H2,1H3,(H,18,19)/b13-9-. The number of nitriles is 1. The van der Waals surface area contributed by atoms with E-state index in [1.807, 2.05) is 18.2 Å². The topological polar surface area (TPSA) is 71.3 Å². The lowest BCUT2D eigenvalue weighted by atomic mass is 10.1. The average Bonchev–Trinajstić information content (AvgIpc) is 3.04. The van der Waals surface area contributed by atoms with Crippen LogP contribution in [-0.2, 0) is 9.53 Å². The van der Waals surface area contributed by atoms with Gasteiger partial charge in [0.25, 0.3) is 5.91 Å². The van der Waals surface area contributed by atoms with Crippen molar-refractivity contribution in [2.75, 3.05) is 20.3 Å². The molecule has 1 aliphatic rings. The van der Waals surface area contributed by atoms with Crippen molar-refractivity contribution < 1.29 is 14.3 Å². The highest BCUT2D eigenvalue weighted by molar-refractivity contribution is 6.01. The van der Waals surface area contributed by atoms with E-state index in [0.29, 0.717) is 17.9 Å². The summed E-state index contributed by atoms with van der Waals surface area (Å²) in [5.41, 5.74) is 0.751. The van der Waals surface area contributed by atoms with Gasteiger partial charge in [-0.1, -0.05) is 18.2 Å². The smallest absolute Gasteiger partial charge is 0.262 e. The Morgan fingerprint density at radius 2 is 2.38 bits per heavy atom. The Labute approximate surface area is 124 Å². The monoisotopic (exact) mass is 286 g/mol. The normalized spacial score (nSPS) is 18.1. The van der Waals surface area contributed by atoms with Crippen molar-refractivity contribution in [3.05, 3.63) is 35.4 Å². The van der Waals surface area contributed by atoms with Crippen LogP contribution in [0.15, 0.2) is 29.8 Å². The first kappa shape index (κ1) is 15.1. The van der Waals surface area contributed by atoms with Crippen molar-refractivity contribution in [3.63, 3.8) is 0 Å². The molecule has 0 bridgehead atoms. The minimum Gasteiger partial charge on any atom is -0.496 e. The van der Waals surface area contributed by atoms with E-state index in [4.69, 9.17) is 14.7 Å². The molecule has 2 rings (SSSR count). The van der Waals surface area contributed by atoms with E-state index >= 15 is 0 Å². The number of carbonyl (C=O) groups excluding carboxylic acids is 1. The van der Waals surface area contributed by atoms with Gasteiger partial charge in [-0.3, -0.25) is 4.79 Å². The molecule has 5 heteroatoms. The van der Waals surface area contributed by atoms with Gasteiger partial charge in [-0.15, -0.1) is 0 Å². The Morgan fingerprint density at radius 3 is 3.05 bits per heavy atom. The first-order valence-electron chi connectivity index (χ1n) is 6.89. The van der Waals surface area contributed by atoms with E-state index < -0.39 is 0 Å². The maximum Gasteiger partial charge on any atom is 0.262 e. The van der Waals surface area contributed by atoms with Crippen LogP contribution in [0.5, 0.6) is 5.75 Å². The summed E-state index contributed by atoms with van der Waals surface area (Å²) in [7, 11) is 1.55. The number of nitrogens with zero attached hydrogens (tertiary/aromatic N) is 1. The van der Waals surface area contributed by atoms with Gasteiger partial charge in [0.05, 0.1) is 13.2 Å². The highest BCUT2D eigenvalue weighted by Crippen LogP contribution is 2.20. The number of carbonyl (C=O) groups is 1. The number of amides is 1. The minimum absolute atomic E-state index is 0.0532. The van der Waals surface area contributed by atoms with E-state index in [1.165, 1.54) is 6.08 Å². The Balaban J connectivity index is 2.05. The fraction of sp³-hybridized carbons (Fsp3) is 0.375. The number of ether oxygens (including phenoxy) is 2. The van der Waals surface area contributed by atoms with Crippen LogP contribution >= 0.6 is 0 Å². The third kappa shape index (κ3) is 4.07. The molecule has 1 heterocycles. The van der Waals surface area contributed by atoms with Crippen LogP contribution in [0.2, 0.25) is 0 Å². The third-order valence-electron chi connectivity index (χ3n) is 3.32. The quantitative estimate of drug-likeness (QED) is 0.663. The summed E-state index contributed by atoms with van der Waals surface area (Å²) >= 11 is 0. The highest BCUT2D eigenvalue weighted by atomic mass is 16.5. The van der Waals surface area contributed by atoms with Gasteiger partial charge in [-0.2, -0.15) is 5.26 Å². The zero-order valence-electron chi connectivity index (χ0n) is 12.0. The van der Waals surface area contributed by atoms with Crippen molar-refractivity contribution in [2.45, 2.75) is 18.9 Å². The number of methoxy groups -OCH3 is 1. The molecule has 0 radical (unpaired) electrons. The molecule has 0 saturated carbocycles. The van der Waals surface area contributed by atoms with Crippen LogP contribution in [0.1, 0.15) is 18.4 Å². The molecule has 110 valence electrons. The van der Waals surface area contributed by atoms with Gasteiger partial charge in [-0.25, -0.2) is 0 Å². The zero-order valence-corrected chi connectivity index (χ0v) is 12.0. The largest absolute Gasteiger partial charge is 0.496 e. The minimum atomic E-state index is -0.390. The molecule has 5 nitrogen and oxygen atoms in total. The van der Waals surface area contributed by atoms with Gasteiger partial charge in [-0.05, 0) is 25.0 Å². The number of rotatable bonds is 5. The second-order valence-electron chi connectivity index (χ2n) is 4.76. The lowest BCUT2D eigenvalue weighted by Crippen LogP contribution is -2.32. The van der Waals surface area contributed by atoms with Gasteiger partial charge in [0.2, 0.25) is 0 Å². The fourth-order valence-electron chi connectivity index (χ4n) is 2.20. The molecule has 21 heavy (non-hydrogen) atoms.